The van der Waals surface area contributed by atoms with E-state index in [-0.39, 0.29) is 37.0 Å². The number of aliphatic hydroxyl groups is 2. The number of carbonyl (C=O) groups is 2. The summed E-state index contributed by atoms with van der Waals surface area (Å²) in [6, 6.07) is 15.2. The fourth-order valence-corrected chi connectivity index (χ4v) is 6.83. The number of benzene rings is 2. The number of fused-ring (bicyclic) bond motifs is 1. The summed E-state index contributed by atoms with van der Waals surface area (Å²) in [5, 5.41) is 20.9. The smallest absolute Gasteiger partial charge is 0.240 e. The first-order chi connectivity index (χ1) is 18.7. The summed E-state index contributed by atoms with van der Waals surface area (Å²) in [5.41, 5.74) is 5.95. The monoisotopic (exact) mass is 547 g/mol. The van der Waals surface area contributed by atoms with Gasteiger partial charge in [0.1, 0.15) is 5.60 Å². The van der Waals surface area contributed by atoms with Crippen molar-refractivity contribution in [2.24, 2.45) is 5.92 Å². The Hall–Kier alpha value is -2.91. The van der Waals surface area contributed by atoms with Gasteiger partial charge >= 0.3 is 0 Å². The molecule has 0 bridgehead atoms. The predicted molar refractivity (Wildman–Crippen MR) is 152 cm³/mol. The first-order valence-corrected chi connectivity index (χ1v) is 14.5. The van der Waals surface area contributed by atoms with Crippen LogP contribution in [0.3, 0.4) is 0 Å². The number of hydrogen-bond acceptors (Lipinski definition) is 7. The highest BCUT2D eigenvalue weighted by atomic mass is 32.1. The van der Waals surface area contributed by atoms with E-state index in [9.17, 15) is 19.8 Å². The van der Waals surface area contributed by atoms with Gasteiger partial charge in [0.15, 0.2) is 5.78 Å². The van der Waals surface area contributed by atoms with Crippen LogP contribution in [0.25, 0.3) is 10.4 Å². The number of amides is 1. The van der Waals surface area contributed by atoms with Crippen LogP contribution in [0.5, 0.6) is 0 Å². The van der Waals surface area contributed by atoms with Crippen LogP contribution in [0.2, 0.25) is 0 Å². The Bertz CT molecular complexity index is 1310. The van der Waals surface area contributed by atoms with Crippen LogP contribution in [-0.4, -0.2) is 67.5 Å². The van der Waals surface area contributed by atoms with Crippen LogP contribution in [0.4, 0.5) is 0 Å². The lowest BCUT2D eigenvalue weighted by atomic mass is 9.95. The molecule has 1 amide bonds. The zero-order chi connectivity index (χ0) is 27.7. The average molecular weight is 548 g/mol. The molecule has 1 aromatic heterocycles. The van der Waals surface area contributed by atoms with Crippen molar-refractivity contribution < 1.29 is 19.8 Å². The number of nitrogens with zero attached hydrogens (tertiary/aromatic N) is 3. The molecule has 2 aromatic carbocycles. The third-order valence-corrected chi connectivity index (χ3v) is 9.11. The summed E-state index contributed by atoms with van der Waals surface area (Å²) in [7, 11) is 0. The molecule has 3 atom stereocenters. The van der Waals surface area contributed by atoms with Gasteiger partial charge in [-0.25, -0.2) is 4.98 Å². The fourth-order valence-electron chi connectivity index (χ4n) is 6.02. The molecule has 1 fully saturated rings. The van der Waals surface area contributed by atoms with E-state index in [0.29, 0.717) is 19.5 Å². The van der Waals surface area contributed by atoms with Gasteiger partial charge in [-0.1, -0.05) is 62.4 Å². The van der Waals surface area contributed by atoms with Gasteiger partial charge in [-0.2, -0.15) is 0 Å². The van der Waals surface area contributed by atoms with Crippen LogP contribution < -0.4 is 0 Å². The predicted octanol–water partition coefficient (Wildman–Crippen LogP) is 3.98. The SMILES string of the molecule is Cc1ncsc1-c1ccc(CCC(=O)[C@@H]2C[C@@](O)(CO)CN2C(=O)[C@H](C(C)C)N2Cc3ccccc3C2)cc1. The van der Waals surface area contributed by atoms with Crippen LogP contribution in [0.1, 0.15) is 49.1 Å². The molecule has 2 N–H and O–H groups in total. The van der Waals surface area contributed by atoms with Crippen molar-refractivity contribution in [3.63, 3.8) is 0 Å². The van der Waals surface area contributed by atoms with Crippen molar-refractivity contribution in [1.29, 1.82) is 0 Å². The number of hydrogen-bond donors (Lipinski definition) is 2. The molecule has 0 aliphatic carbocycles. The Morgan fingerprint density at radius 2 is 1.77 bits per heavy atom. The molecule has 0 unspecified atom stereocenters. The highest BCUT2D eigenvalue weighted by molar-refractivity contribution is 7.13. The molecule has 2 aliphatic heterocycles. The Labute approximate surface area is 234 Å². The molecule has 2 aliphatic rings. The molecule has 3 heterocycles. The molecule has 0 spiro atoms. The van der Waals surface area contributed by atoms with E-state index in [1.807, 2.05) is 50.5 Å². The molecule has 3 aromatic rings. The molecule has 1 saturated heterocycles. The van der Waals surface area contributed by atoms with Crippen molar-refractivity contribution in [1.82, 2.24) is 14.8 Å². The van der Waals surface area contributed by atoms with E-state index in [2.05, 4.69) is 34.1 Å². The van der Waals surface area contributed by atoms with Gasteiger partial charge in [0.25, 0.3) is 0 Å². The summed E-state index contributed by atoms with van der Waals surface area (Å²) < 4.78 is 0. The maximum atomic E-state index is 14.0. The van der Waals surface area contributed by atoms with Gasteiger partial charge in [-0.05, 0) is 41.5 Å². The van der Waals surface area contributed by atoms with E-state index in [1.165, 1.54) is 11.1 Å². The molecule has 7 nitrogen and oxygen atoms in total. The minimum absolute atomic E-state index is 0.0195. The lowest BCUT2D eigenvalue weighted by molar-refractivity contribution is -0.144. The Balaban J connectivity index is 1.29. The number of aryl methyl sites for hydroxylation is 2. The lowest BCUT2D eigenvalue weighted by Crippen LogP contribution is -2.53. The van der Waals surface area contributed by atoms with Crippen LogP contribution in [-0.2, 0) is 29.1 Å². The van der Waals surface area contributed by atoms with Crippen molar-refractivity contribution >= 4 is 23.0 Å². The van der Waals surface area contributed by atoms with Gasteiger partial charge in [-0.3, -0.25) is 14.5 Å². The van der Waals surface area contributed by atoms with Gasteiger partial charge in [0.2, 0.25) is 5.91 Å². The zero-order valence-corrected chi connectivity index (χ0v) is 23.7. The standard InChI is InChI=1S/C31H37N3O4S/c1-20(2)28(33-15-24-6-4-5-7-25(24)16-33)30(37)34-17-31(38,18-35)14-26(34)27(36)13-10-22-8-11-23(12-9-22)29-21(3)32-19-39-29/h4-9,11-12,19-20,26,28,35,38H,10,13-18H2,1-3H3/t26-,28-,31-/m0/s1. The minimum atomic E-state index is -1.47. The van der Waals surface area contributed by atoms with Crippen LogP contribution in [0, 0.1) is 12.8 Å². The first kappa shape index (κ1) is 27.6. The summed E-state index contributed by atoms with van der Waals surface area (Å²) in [6.45, 7) is 6.87. The molecular weight excluding hydrogens is 510 g/mol. The summed E-state index contributed by atoms with van der Waals surface area (Å²) in [6.07, 6.45) is 0.866. The maximum Gasteiger partial charge on any atom is 0.240 e. The number of rotatable bonds is 9. The second-order valence-corrected chi connectivity index (χ2v) is 12.2. The van der Waals surface area contributed by atoms with E-state index in [1.54, 1.807) is 16.2 Å². The highest BCUT2D eigenvalue weighted by Gasteiger charge is 2.49. The van der Waals surface area contributed by atoms with Gasteiger partial charge < -0.3 is 15.1 Å². The third kappa shape index (κ3) is 5.70. The normalized spacial score (nSPS) is 21.9. The summed E-state index contributed by atoms with van der Waals surface area (Å²) in [4.78, 5) is 36.7. The van der Waals surface area contributed by atoms with E-state index in [4.69, 9.17) is 0 Å². The first-order valence-electron chi connectivity index (χ1n) is 13.7. The molecule has 5 rings (SSSR count). The van der Waals surface area contributed by atoms with Gasteiger partial charge in [0.05, 0.1) is 41.3 Å². The molecule has 0 radical (unpaired) electrons. The van der Waals surface area contributed by atoms with Crippen LogP contribution in [0.15, 0.2) is 54.0 Å². The topological polar surface area (TPSA) is 94.0 Å². The van der Waals surface area contributed by atoms with E-state index < -0.39 is 24.3 Å². The zero-order valence-electron chi connectivity index (χ0n) is 22.8. The lowest BCUT2D eigenvalue weighted by Gasteiger charge is -2.35. The second-order valence-electron chi connectivity index (χ2n) is 11.4. The average Bonchev–Trinajstić information content (AvgIpc) is 3.64. The Morgan fingerprint density at radius 3 is 2.33 bits per heavy atom. The number of β-amino-alcohol motifs (C(OH)–C–C–N with tert-alkyl or cyclic N) is 1. The fraction of sp³-hybridized carbons (Fsp3) is 0.452. The van der Waals surface area contributed by atoms with Crippen molar-refractivity contribution in [3.05, 3.63) is 76.4 Å². The van der Waals surface area contributed by atoms with Gasteiger partial charge in [0, 0.05) is 25.9 Å². The quantitative estimate of drug-likeness (QED) is 0.421. The summed E-state index contributed by atoms with van der Waals surface area (Å²) in [5.74, 6) is -0.210. The van der Waals surface area contributed by atoms with E-state index >= 15 is 0 Å². The summed E-state index contributed by atoms with van der Waals surface area (Å²) >= 11 is 1.61. The number of Topliss-reactive ketones (excluding diaryl/α,β-unsaturated/α-hetero) is 1. The molecule has 206 valence electrons. The molecular formula is C31H37N3O4S. The number of aromatic nitrogens is 1. The molecule has 8 heteroatoms. The van der Waals surface area contributed by atoms with Crippen molar-refractivity contribution in [3.8, 4) is 10.4 Å². The number of aliphatic hydroxyl groups excluding tert-OH is 1. The highest BCUT2D eigenvalue weighted by Crippen LogP contribution is 2.34. The Kier molecular flexibility index (Phi) is 8.01. The number of likely N-dealkylation sites (tertiary alicyclic amines) is 1. The molecule has 39 heavy (non-hydrogen) atoms. The maximum absolute atomic E-state index is 14.0. The number of thiazole rings is 1. The number of ketones is 1. The van der Waals surface area contributed by atoms with E-state index in [0.717, 1.165) is 21.7 Å². The second kappa shape index (κ2) is 11.3. The number of carbonyl (C=O) groups excluding carboxylic acids is 2. The molecule has 0 saturated carbocycles. The Morgan fingerprint density at radius 1 is 1.10 bits per heavy atom. The van der Waals surface area contributed by atoms with Crippen molar-refractivity contribution in [2.75, 3.05) is 13.2 Å². The minimum Gasteiger partial charge on any atom is -0.393 e. The van der Waals surface area contributed by atoms with Crippen molar-refractivity contribution in [2.45, 2.75) is 70.8 Å². The third-order valence-electron chi connectivity index (χ3n) is 8.13. The van der Waals surface area contributed by atoms with Crippen LogP contribution >= 0.6 is 11.3 Å². The largest absolute Gasteiger partial charge is 0.393 e. The van der Waals surface area contributed by atoms with Gasteiger partial charge in [-0.15, -0.1) is 11.3 Å².